The summed E-state index contributed by atoms with van der Waals surface area (Å²) < 4.78 is 5.46. The lowest BCUT2D eigenvalue weighted by molar-refractivity contribution is -0.108. The number of nitrogens with zero attached hydrogens (tertiary/aromatic N) is 1. The first-order chi connectivity index (χ1) is 7.81. The summed E-state index contributed by atoms with van der Waals surface area (Å²) in [4.78, 5) is 15.7. The number of amidine groups is 1. The van der Waals surface area contributed by atoms with Crippen molar-refractivity contribution >= 4 is 23.3 Å². The molecule has 0 aromatic heterocycles. The Morgan fingerprint density at radius 2 is 2.50 bits per heavy atom. The summed E-state index contributed by atoms with van der Waals surface area (Å²) >= 11 is 1.44. The van der Waals surface area contributed by atoms with Crippen LogP contribution in [0, 0.1) is 0 Å². The van der Waals surface area contributed by atoms with E-state index in [4.69, 9.17) is 4.74 Å². The Bertz CT molecular complexity index is 313. The molecule has 1 unspecified atom stereocenters. The van der Waals surface area contributed by atoms with Crippen LogP contribution in [0.3, 0.4) is 0 Å². The van der Waals surface area contributed by atoms with Crippen molar-refractivity contribution in [2.45, 2.75) is 19.4 Å². The van der Waals surface area contributed by atoms with Crippen LogP contribution >= 0.6 is 11.8 Å². The van der Waals surface area contributed by atoms with Gasteiger partial charge in [-0.05, 0) is 6.42 Å². The molecule has 0 saturated carbocycles. The topological polar surface area (TPSA) is 50.7 Å². The predicted octanol–water partition coefficient (Wildman–Crippen LogP) is 1.70. The maximum Gasteiger partial charge on any atom is 0.213 e. The smallest absolute Gasteiger partial charge is 0.213 e. The number of carbonyl (C=O) groups excluding carboxylic acids is 1. The normalized spacial score (nSPS) is 21.9. The number of hydrogen-bond acceptors (Lipinski definition) is 4. The lowest BCUT2D eigenvalue weighted by Gasteiger charge is -2.08. The van der Waals surface area contributed by atoms with E-state index in [1.54, 1.807) is 6.08 Å². The van der Waals surface area contributed by atoms with Gasteiger partial charge in [-0.2, -0.15) is 0 Å². The van der Waals surface area contributed by atoms with Crippen molar-refractivity contribution in [1.29, 1.82) is 0 Å². The molecule has 1 amide bonds. The standard InChI is InChI=1S/C11H16N2O2S/c1-3-5-10-9(7-15-6-4-2)13-11(16-10)12-8-14/h3,5,8-9H,1,4,6-7H2,2H3,(H,12,13,14)/b10-5+. The van der Waals surface area contributed by atoms with Gasteiger partial charge in [-0.25, -0.2) is 0 Å². The molecule has 1 aliphatic heterocycles. The summed E-state index contributed by atoms with van der Waals surface area (Å²) in [7, 11) is 0. The minimum atomic E-state index is -0.0167. The minimum absolute atomic E-state index is 0.0167. The SMILES string of the molecule is C=C/C=C1/SC(NC=O)=NC1COCCC. The molecule has 1 rings (SSSR count). The van der Waals surface area contributed by atoms with Crippen LogP contribution in [0.25, 0.3) is 0 Å². The molecule has 0 aromatic carbocycles. The first-order valence-electron chi connectivity index (χ1n) is 5.18. The molecule has 1 heterocycles. The summed E-state index contributed by atoms with van der Waals surface area (Å²) in [5.41, 5.74) is 0. The van der Waals surface area contributed by atoms with Gasteiger partial charge in [0.25, 0.3) is 0 Å². The van der Waals surface area contributed by atoms with Gasteiger partial charge in [0.1, 0.15) is 6.04 Å². The molecular formula is C11H16N2O2S. The van der Waals surface area contributed by atoms with Gasteiger partial charge in [0.2, 0.25) is 6.41 Å². The first kappa shape index (κ1) is 13.0. The van der Waals surface area contributed by atoms with E-state index in [9.17, 15) is 4.79 Å². The van der Waals surface area contributed by atoms with Crippen molar-refractivity contribution in [1.82, 2.24) is 5.32 Å². The minimum Gasteiger partial charge on any atom is -0.379 e. The number of thioether (sulfide) groups is 1. The van der Waals surface area contributed by atoms with Crippen LogP contribution in [0.2, 0.25) is 0 Å². The van der Waals surface area contributed by atoms with Crippen molar-refractivity contribution in [3.05, 3.63) is 23.6 Å². The van der Waals surface area contributed by atoms with Gasteiger partial charge < -0.3 is 10.1 Å². The quantitative estimate of drug-likeness (QED) is 0.568. The van der Waals surface area contributed by atoms with E-state index in [0.717, 1.165) is 17.9 Å². The average molecular weight is 240 g/mol. The molecule has 4 nitrogen and oxygen atoms in total. The first-order valence-corrected chi connectivity index (χ1v) is 5.99. The van der Waals surface area contributed by atoms with Crippen LogP contribution in [-0.4, -0.2) is 30.8 Å². The van der Waals surface area contributed by atoms with Gasteiger partial charge >= 0.3 is 0 Å². The molecule has 0 spiro atoms. The number of hydrogen-bond donors (Lipinski definition) is 1. The van der Waals surface area contributed by atoms with E-state index in [2.05, 4.69) is 23.8 Å². The fourth-order valence-electron chi connectivity index (χ4n) is 1.25. The van der Waals surface area contributed by atoms with E-state index in [-0.39, 0.29) is 6.04 Å². The number of amides is 1. The molecule has 1 atom stereocenters. The molecule has 0 aliphatic carbocycles. The van der Waals surface area contributed by atoms with E-state index >= 15 is 0 Å². The van der Waals surface area contributed by atoms with E-state index in [1.807, 2.05) is 6.08 Å². The molecule has 1 aliphatic rings. The van der Waals surface area contributed by atoms with Crippen LogP contribution in [-0.2, 0) is 9.53 Å². The third kappa shape index (κ3) is 3.83. The van der Waals surface area contributed by atoms with Crippen molar-refractivity contribution < 1.29 is 9.53 Å². The summed E-state index contributed by atoms with van der Waals surface area (Å²) in [6.45, 7) is 6.99. The lowest BCUT2D eigenvalue weighted by atomic mass is 10.3. The van der Waals surface area contributed by atoms with Gasteiger partial charge in [0.15, 0.2) is 5.17 Å². The largest absolute Gasteiger partial charge is 0.379 e. The number of nitrogens with one attached hydrogen (secondary N) is 1. The zero-order valence-electron chi connectivity index (χ0n) is 9.31. The van der Waals surface area contributed by atoms with Gasteiger partial charge in [-0.3, -0.25) is 9.79 Å². The molecular weight excluding hydrogens is 224 g/mol. The van der Waals surface area contributed by atoms with Crippen molar-refractivity contribution in [2.75, 3.05) is 13.2 Å². The Morgan fingerprint density at radius 1 is 1.69 bits per heavy atom. The highest BCUT2D eigenvalue weighted by Crippen LogP contribution is 2.30. The average Bonchev–Trinajstić information content (AvgIpc) is 2.63. The summed E-state index contributed by atoms with van der Waals surface area (Å²) in [6, 6.07) is -0.0167. The Morgan fingerprint density at radius 3 is 3.12 bits per heavy atom. The Labute approximate surface area is 99.8 Å². The fraction of sp³-hybridized carbons (Fsp3) is 0.455. The molecule has 0 aromatic rings. The maximum atomic E-state index is 10.3. The van der Waals surface area contributed by atoms with Gasteiger partial charge in [0, 0.05) is 11.5 Å². The van der Waals surface area contributed by atoms with Crippen molar-refractivity contribution in [3.8, 4) is 0 Å². The van der Waals surface area contributed by atoms with E-state index in [0.29, 0.717) is 18.2 Å². The van der Waals surface area contributed by atoms with Crippen molar-refractivity contribution in [3.63, 3.8) is 0 Å². The highest BCUT2D eigenvalue weighted by molar-refractivity contribution is 8.17. The molecule has 0 bridgehead atoms. The van der Waals surface area contributed by atoms with E-state index in [1.165, 1.54) is 11.8 Å². The summed E-state index contributed by atoms with van der Waals surface area (Å²) in [6.07, 6.45) is 5.23. The predicted molar refractivity (Wildman–Crippen MR) is 67.4 cm³/mol. The summed E-state index contributed by atoms with van der Waals surface area (Å²) in [5, 5.41) is 3.17. The number of allylic oxidation sites excluding steroid dienone is 2. The number of rotatable bonds is 6. The van der Waals surface area contributed by atoms with Gasteiger partial charge in [0.05, 0.1) is 6.61 Å². The maximum absolute atomic E-state index is 10.3. The van der Waals surface area contributed by atoms with Crippen LogP contribution < -0.4 is 5.32 Å². The Kier molecular flexibility index (Phi) is 5.88. The third-order valence-electron chi connectivity index (χ3n) is 1.90. The molecule has 88 valence electrons. The number of ether oxygens (including phenoxy) is 1. The highest BCUT2D eigenvalue weighted by Gasteiger charge is 2.23. The Hall–Kier alpha value is -1.07. The molecule has 5 heteroatoms. The Balaban J connectivity index is 2.57. The van der Waals surface area contributed by atoms with E-state index < -0.39 is 0 Å². The second-order valence-electron chi connectivity index (χ2n) is 3.19. The zero-order valence-corrected chi connectivity index (χ0v) is 10.1. The fourth-order valence-corrected chi connectivity index (χ4v) is 2.18. The van der Waals surface area contributed by atoms with Crippen LogP contribution in [0.1, 0.15) is 13.3 Å². The zero-order chi connectivity index (χ0) is 11.8. The lowest BCUT2D eigenvalue weighted by Crippen LogP contribution is -2.16. The molecule has 1 N–H and O–H groups in total. The van der Waals surface area contributed by atoms with Crippen LogP contribution in [0.4, 0.5) is 0 Å². The second kappa shape index (κ2) is 7.24. The van der Waals surface area contributed by atoms with Gasteiger partial charge in [-0.1, -0.05) is 37.4 Å². The van der Waals surface area contributed by atoms with Gasteiger partial charge in [-0.15, -0.1) is 0 Å². The third-order valence-corrected chi connectivity index (χ3v) is 2.97. The molecule has 0 fully saturated rings. The second-order valence-corrected chi connectivity index (χ2v) is 4.26. The van der Waals surface area contributed by atoms with Crippen LogP contribution in [0.5, 0.6) is 0 Å². The highest BCUT2D eigenvalue weighted by atomic mass is 32.2. The van der Waals surface area contributed by atoms with Crippen molar-refractivity contribution in [2.24, 2.45) is 4.99 Å². The number of carbonyl (C=O) groups is 1. The monoisotopic (exact) mass is 240 g/mol. The molecule has 0 saturated heterocycles. The summed E-state index contributed by atoms with van der Waals surface area (Å²) in [5.74, 6) is 0. The van der Waals surface area contributed by atoms with Crippen LogP contribution in [0.15, 0.2) is 28.6 Å². The molecule has 16 heavy (non-hydrogen) atoms. The molecule has 0 radical (unpaired) electrons. The number of aliphatic imine (C=N–C) groups is 1.